The number of nitro groups is 1. The third-order valence-corrected chi connectivity index (χ3v) is 3.57. The number of nitro benzene ring substituents is 1. The number of amides is 1. The number of halogens is 1. The van der Waals surface area contributed by atoms with Crippen LogP contribution in [0.4, 0.5) is 5.69 Å². The molecule has 1 aromatic rings. The number of rotatable bonds is 5. The van der Waals surface area contributed by atoms with Gasteiger partial charge in [-0.15, -0.1) is 0 Å². The summed E-state index contributed by atoms with van der Waals surface area (Å²) in [6.45, 7) is 1.39. The van der Waals surface area contributed by atoms with Crippen LogP contribution < -0.4 is 0 Å². The van der Waals surface area contributed by atoms with Gasteiger partial charge in [-0.25, -0.2) is 4.79 Å². The molecule has 8 heteroatoms. The van der Waals surface area contributed by atoms with E-state index in [-0.39, 0.29) is 16.6 Å². The SMILES string of the molecule is CC(C(=O)O)N(C(=O)c1ccc(Cl)cc1[N+](=O)[O-])C1CC1. The van der Waals surface area contributed by atoms with Gasteiger partial charge in [-0.3, -0.25) is 14.9 Å². The van der Waals surface area contributed by atoms with Crippen LogP contribution in [0, 0.1) is 10.1 Å². The van der Waals surface area contributed by atoms with Crippen LogP contribution in [0.3, 0.4) is 0 Å². The highest BCUT2D eigenvalue weighted by Crippen LogP contribution is 2.32. The molecule has 0 aromatic heterocycles. The molecule has 1 aliphatic carbocycles. The molecule has 112 valence electrons. The average Bonchev–Trinajstić information content (AvgIpc) is 3.22. The molecule has 1 saturated carbocycles. The van der Waals surface area contributed by atoms with Crippen LogP contribution in [0.2, 0.25) is 5.02 Å². The van der Waals surface area contributed by atoms with E-state index < -0.39 is 28.5 Å². The first-order valence-corrected chi connectivity index (χ1v) is 6.70. The molecule has 0 radical (unpaired) electrons. The molecule has 1 aromatic carbocycles. The van der Waals surface area contributed by atoms with Crippen LogP contribution >= 0.6 is 11.6 Å². The van der Waals surface area contributed by atoms with Crippen molar-refractivity contribution in [2.24, 2.45) is 0 Å². The number of aliphatic carboxylic acids is 1. The molecule has 21 heavy (non-hydrogen) atoms. The van der Waals surface area contributed by atoms with Crippen LogP contribution in [-0.2, 0) is 4.79 Å². The van der Waals surface area contributed by atoms with E-state index >= 15 is 0 Å². The van der Waals surface area contributed by atoms with Crippen LogP contribution in [0.25, 0.3) is 0 Å². The van der Waals surface area contributed by atoms with E-state index in [9.17, 15) is 19.7 Å². The average molecular weight is 313 g/mol. The Labute approximate surface area is 125 Å². The normalized spacial score (nSPS) is 15.3. The first-order valence-electron chi connectivity index (χ1n) is 6.32. The Morgan fingerprint density at radius 2 is 2.10 bits per heavy atom. The minimum Gasteiger partial charge on any atom is -0.480 e. The minimum absolute atomic E-state index is 0.141. The van der Waals surface area contributed by atoms with Gasteiger partial charge in [-0.05, 0) is 31.9 Å². The predicted octanol–water partition coefficient (Wildman–Crippen LogP) is 2.33. The fourth-order valence-corrected chi connectivity index (χ4v) is 2.27. The third-order valence-electron chi connectivity index (χ3n) is 3.34. The Morgan fingerprint density at radius 3 is 2.57 bits per heavy atom. The second-order valence-corrected chi connectivity index (χ2v) is 5.31. The highest BCUT2D eigenvalue weighted by Gasteiger charge is 2.40. The predicted molar refractivity (Wildman–Crippen MR) is 74.4 cm³/mol. The highest BCUT2D eigenvalue weighted by molar-refractivity contribution is 6.31. The molecule has 0 spiro atoms. The van der Waals surface area contributed by atoms with E-state index in [1.165, 1.54) is 24.0 Å². The Hall–Kier alpha value is -2.15. The Kier molecular flexibility index (Phi) is 4.13. The first kappa shape index (κ1) is 15.2. The Morgan fingerprint density at radius 1 is 1.48 bits per heavy atom. The molecule has 0 aliphatic heterocycles. The maximum absolute atomic E-state index is 12.5. The van der Waals surface area contributed by atoms with Crippen molar-refractivity contribution in [1.82, 2.24) is 4.90 Å². The lowest BCUT2D eigenvalue weighted by atomic mass is 10.1. The van der Waals surface area contributed by atoms with E-state index in [4.69, 9.17) is 16.7 Å². The molecule has 1 aliphatic rings. The monoisotopic (exact) mass is 312 g/mol. The Bertz CT molecular complexity index is 615. The fraction of sp³-hybridized carbons (Fsp3) is 0.385. The molecule has 1 fully saturated rings. The summed E-state index contributed by atoms with van der Waals surface area (Å²) in [7, 11) is 0. The molecule has 1 amide bonds. The maximum atomic E-state index is 12.5. The van der Waals surface area contributed by atoms with Crippen molar-refractivity contribution in [3.05, 3.63) is 38.9 Å². The van der Waals surface area contributed by atoms with Crippen molar-refractivity contribution < 1.29 is 19.6 Å². The van der Waals surface area contributed by atoms with Gasteiger partial charge in [0.05, 0.1) is 4.92 Å². The summed E-state index contributed by atoms with van der Waals surface area (Å²) in [5.74, 6) is -1.80. The van der Waals surface area contributed by atoms with Gasteiger partial charge >= 0.3 is 5.97 Å². The smallest absolute Gasteiger partial charge is 0.326 e. The molecule has 2 rings (SSSR count). The van der Waals surface area contributed by atoms with Gasteiger partial charge in [0.2, 0.25) is 0 Å². The lowest BCUT2D eigenvalue weighted by Gasteiger charge is -2.26. The molecular weight excluding hydrogens is 300 g/mol. The third kappa shape index (κ3) is 3.13. The maximum Gasteiger partial charge on any atom is 0.326 e. The van der Waals surface area contributed by atoms with Gasteiger partial charge in [0.15, 0.2) is 0 Å². The summed E-state index contributed by atoms with van der Waals surface area (Å²) >= 11 is 5.71. The molecular formula is C13H13ClN2O5. The molecule has 0 heterocycles. The van der Waals surface area contributed by atoms with Crippen molar-refractivity contribution in [3.8, 4) is 0 Å². The second kappa shape index (κ2) is 5.69. The van der Waals surface area contributed by atoms with Crippen molar-refractivity contribution in [2.45, 2.75) is 31.8 Å². The van der Waals surface area contributed by atoms with Crippen LogP contribution in [0.1, 0.15) is 30.1 Å². The van der Waals surface area contributed by atoms with Crippen LogP contribution in [0.5, 0.6) is 0 Å². The summed E-state index contributed by atoms with van der Waals surface area (Å²) in [5.41, 5.74) is -0.569. The summed E-state index contributed by atoms with van der Waals surface area (Å²) < 4.78 is 0. The van der Waals surface area contributed by atoms with E-state index in [1.807, 2.05) is 0 Å². The van der Waals surface area contributed by atoms with Crippen LogP contribution in [-0.4, -0.2) is 38.9 Å². The first-order chi connectivity index (χ1) is 9.82. The van der Waals surface area contributed by atoms with E-state index in [0.29, 0.717) is 12.8 Å². The summed E-state index contributed by atoms with van der Waals surface area (Å²) in [6, 6.07) is 2.50. The number of carboxylic acids is 1. The molecule has 1 atom stereocenters. The van der Waals surface area contributed by atoms with E-state index in [1.54, 1.807) is 0 Å². The van der Waals surface area contributed by atoms with Crippen LogP contribution in [0.15, 0.2) is 18.2 Å². The van der Waals surface area contributed by atoms with Gasteiger partial charge in [0, 0.05) is 17.1 Å². The summed E-state index contributed by atoms with van der Waals surface area (Å²) in [5, 5.41) is 20.3. The molecule has 1 unspecified atom stereocenters. The lowest BCUT2D eigenvalue weighted by molar-refractivity contribution is -0.385. The van der Waals surface area contributed by atoms with Gasteiger partial charge in [-0.2, -0.15) is 0 Å². The Balaban J connectivity index is 2.42. The largest absolute Gasteiger partial charge is 0.480 e. The quantitative estimate of drug-likeness (QED) is 0.664. The van der Waals surface area contributed by atoms with E-state index in [0.717, 1.165) is 6.07 Å². The topological polar surface area (TPSA) is 101 Å². The zero-order valence-corrected chi connectivity index (χ0v) is 11.9. The van der Waals surface area contributed by atoms with Gasteiger partial charge in [0.1, 0.15) is 11.6 Å². The number of carbonyl (C=O) groups is 2. The van der Waals surface area contributed by atoms with Crippen molar-refractivity contribution in [1.29, 1.82) is 0 Å². The zero-order valence-electron chi connectivity index (χ0n) is 11.2. The zero-order chi connectivity index (χ0) is 15.7. The second-order valence-electron chi connectivity index (χ2n) is 4.88. The number of nitrogens with zero attached hydrogens (tertiary/aromatic N) is 2. The highest BCUT2D eigenvalue weighted by atomic mass is 35.5. The van der Waals surface area contributed by atoms with E-state index in [2.05, 4.69) is 0 Å². The summed E-state index contributed by atoms with van der Waals surface area (Å²) in [6.07, 6.45) is 1.40. The number of carboxylic acid groups (broad SMARTS) is 1. The van der Waals surface area contributed by atoms with Crippen molar-refractivity contribution in [2.75, 3.05) is 0 Å². The fourth-order valence-electron chi connectivity index (χ4n) is 2.11. The summed E-state index contributed by atoms with van der Waals surface area (Å²) in [4.78, 5) is 35.2. The van der Waals surface area contributed by atoms with Gasteiger partial charge < -0.3 is 10.0 Å². The molecule has 0 saturated heterocycles. The number of carbonyl (C=O) groups excluding carboxylic acids is 1. The van der Waals surface area contributed by atoms with Gasteiger partial charge in [0.25, 0.3) is 11.6 Å². The van der Waals surface area contributed by atoms with Crippen molar-refractivity contribution >= 4 is 29.2 Å². The standard InChI is InChI=1S/C13H13ClN2O5/c1-7(13(18)19)15(9-3-4-9)12(17)10-5-2-8(14)6-11(10)16(20)21/h2,5-7,9H,3-4H2,1H3,(H,18,19). The van der Waals surface area contributed by atoms with Crippen molar-refractivity contribution in [3.63, 3.8) is 0 Å². The minimum atomic E-state index is -1.15. The molecule has 1 N–H and O–H groups in total. The molecule has 0 bridgehead atoms. The number of benzene rings is 1. The number of hydrogen-bond donors (Lipinski definition) is 1. The van der Waals surface area contributed by atoms with Gasteiger partial charge in [-0.1, -0.05) is 11.6 Å². The number of hydrogen-bond acceptors (Lipinski definition) is 4. The lowest BCUT2D eigenvalue weighted by Crippen LogP contribution is -2.44. The molecule has 7 nitrogen and oxygen atoms in total.